The predicted octanol–water partition coefficient (Wildman–Crippen LogP) is 12.7. The molecule has 0 bridgehead atoms. The van der Waals surface area contributed by atoms with Gasteiger partial charge >= 0.3 is 0 Å². The van der Waals surface area contributed by atoms with E-state index in [0.717, 1.165) is 94.3 Å². The number of nitrogens with one attached hydrogen (secondary N) is 1. The summed E-state index contributed by atoms with van der Waals surface area (Å²) in [5, 5.41) is 10.2. The van der Waals surface area contributed by atoms with Gasteiger partial charge in [0.1, 0.15) is 28.8 Å². The molecule has 6 nitrogen and oxygen atoms in total. The Morgan fingerprint density at radius 2 is 1.04 bits per heavy atom. The summed E-state index contributed by atoms with van der Waals surface area (Å²) in [7, 11) is 0. The van der Waals surface area contributed by atoms with Gasteiger partial charge in [-0.1, -0.05) is 140 Å². The molecule has 0 spiro atoms. The van der Waals surface area contributed by atoms with Crippen molar-refractivity contribution in [2.45, 2.75) is 6.17 Å². The minimum Gasteiger partial charge on any atom is -0.455 e. The first-order valence-corrected chi connectivity index (χ1v) is 19.2. The predicted molar refractivity (Wildman–Crippen MR) is 233 cm³/mol. The van der Waals surface area contributed by atoms with Crippen molar-refractivity contribution < 1.29 is 8.83 Å². The molecule has 6 heteroatoms. The molecule has 0 radical (unpaired) electrons. The lowest BCUT2D eigenvalue weighted by Crippen LogP contribution is -2.33. The number of furan rings is 2. The molecule has 8 aromatic carbocycles. The van der Waals surface area contributed by atoms with Gasteiger partial charge in [0.25, 0.3) is 0 Å². The van der Waals surface area contributed by atoms with Crippen LogP contribution in [0.4, 0.5) is 0 Å². The van der Waals surface area contributed by atoms with Crippen LogP contribution in [0.2, 0.25) is 0 Å². The van der Waals surface area contributed by atoms with Crippen molar-refractivity contribution in [2.24, 2.45) is 9.98 Å². The number of para-hydroxylation sites is 4. The number of aromatic nitrogens is 1. The van der Waals surface area contributed by atoms with Crippen LogP contribution in [0.5, 0.6) is 0 Å². The van der Waals surface area contributed by atoms with Crippen LogP contribution in [0.15, 0.2) is 201 Å². The van der Waals surface area contributed by atoms with E-state index in [0.29, 0.717) is 5.84 Å². The van der Waals surface area contributed by atoms with Crippen LogP contribution in [0.1, 0.15) is 22.9 Å². The van der Waals surface area contributed by atoms with Gasteiger partial charge in [0, 0.05) is 49.0 Å². The van der Waals surface area contributed by atoms with Gasteiger partial charge in [-0.25, -0.2) is 9.98 Å². The molecule has 0 amide bonds. The lowest BCUT2D eigenvalue weighted by Gasteiger charge is -2.23. The second-order valence-corrected chi connectivity index (χ2v) is 14.6. The molecule has 0 aliphatic carbocycles. The van der Waals surface area contributed by atoms with E-state index >= 15 is 0 Å². The highest BCUT2D eigenvalue weighted by atomic mass is 16.3. The third kappa shape index (κ3) is 4.97. The SMILES string of the molecule is c1ccc(C2=NC(c3ccc4c(c3)oc3c(-c5ccc6c(c5)oc5c(-n7c8ccccc8c8ccccc87)cccc56)cccc34)=NC(c3ccccc3)N2)cc1. The highest BCUT2D eigenvalue weighted by molar-refractivity contribution is 6.17. The Morgan fingerprint density at radius 3 is 1.77 bits per heavy atom. The largest absolute Gasteiger partial charge is 0.455 e. The van der Waals surface area contributed by atoms with Gasteiger partial charge in [-0.05, 0) is 53.6 Å². The first-order chi connectivity index (χ1) is 28.2. The second-order valence-electron chi connectivity index (χ2n) is 14.6. The van der Waals surface area contributed by atoms with Crippen molar-refractivity contribution in [3.8, 4) is 16.8 Å². The minimum atomic E-state index is -0.280. The van der Waals surface area contributed by atoms with Crippen molar-refractivity contribution in [2.75, 3.05) is 0 Å². The Kier molecular flexibility index (Phi) is 6.89. The quantitative estimate of drug-likeness (QED) is 0.192. The van der Waals surface area contributed by atoms with Gasteiger partial charge < -0.3 is 18.7 Å². The van der Waals surface area contributed by atoms with Crippen LogP contribution in [0.3, 0.4) is 0 Å². The monoisotopic (exact) mass is 732 g/mol. The Morgan fingerprint density at radius 1 is 0.456 bits per heavy atom. The van der Waals surface area contributed by atoms with Crippen LogP contribution in [0.25, 0.3) is 82.5 Å². The molecule has 0 fully saturated rings. The van der Waals surface area contributed by atoms with E-state index in [1.807, 2.05) is 36.4 Å². The fourth-order valence-electron chi connectivity index (χ4n) is 8.60. The highest BCUT2D eigenvalue weighted by Gasteiger charge is 2.23. The summed E-state index contributed by atoms with van der Waals surface area (Å²) in [6.07, 6.45) is -0.280. The Hall–Kier alpha value is -7.70. The van der Waals surface area contributed by atoms with Crippen LogP contribution < -0.4 is 5.32 Å². The maximum absolute atomic E-state index is 6.82. The number of benzene rings is 8. The number of aliphatic imine (C=N–C) groups is 2. The van der Waals surface area contributed by atoms with Crippen LogP contribution in [-0.4, -0.2) is 16.2 Å². The number of fused-ring (bicyclic) bond motifs is 9. The first kappa shape index (κ1) is 31.6. The van der Waals surface area contributed by atoms with Gasteiger partial charge in [-0.15, -0.1) is 0 Å². The van der Waals surface area contributed by atoms with E-state index in [4.69, 9.17) is 18.8 Å². The summed E-state index contributed by atoms with van der Waals surface area (Å²) in [5.41, 5.74) is 11.6. The van der Waals surface area contributed by atoms with Gasteiger partial charge in [0.05, 0.1) is 16.7 Å². The molecule has 1 atom stereocenters. The molecule has 3 aromatic heterocycles. The molecule has 11 aromatic rings. The normalized spacial score (nSPS) is 14.5. The maximum atomic E-state index is 6.82. The van der Waals surface area contributed by atoms with Crippen molar-refractivity contribution in [3.63, 3.8) is 0 Å². The zero-order valence-electron chi connectivity index (χ0n) is 30.6. The van der Waals surface area contributed by atoms with E-state index in [-0.39, 0.29) is 6.17 Å². The lowest BCUT2D eigenvalue weighted by molar-refractivity contribution is 0.666. The number of amidine groups is 2. The molecule has 1 aliphatic rings. The Balaban J connectivity index is 0.971. The van der Waals surface area contributed by atoms with Gasteiger partial charge in [-0.3, -0.25) is 0 Å². The van der Waals surface area contributed by atoms with Crippen LogP contribution in [-0.2, 0) is 0 Å². The fourth-order valence-corrected chi connectivity index (χ4v) is 8.60. The molecule has 57 heavy (non-hydrogen) atoms. The van der Waals surface area contributed by atoms with E-state index in [1.54, 1.807) is 0 Å². The fraction of sp³-hybridized carbons (Fsp3) is 0.0196. The zero-order valence-corrected chi connectivity index (χ0v) is 30.6. The number of hydrogen-bond donors (Lipinski definition) is 1. The van der Waals surface area contributed by atoms with E-state index in [1.165, 1.54) is 10.8 Å². The Bertz CT molecular complexity index is 3390. The van der Waals surface area contributed by atoms with Crippen molar-refractivity contribution in [1.82, 2.24) is 9.88 Å². The molecular weight excluding hydrogens is 701 g/mol. The Labute approximate surface area is 326 Å². The third-order valence-electron chi connectivity index (χ3n) is 11.3. The van der Waals surface area contributed by atoms with Crippen molar-refractivity contribution >= 4 is 77.4 Å². The van der Waals surface area contributed by atoms with Gasteiger partial charge in [-0.2, -0.15) is 0 Å². The molecule has 12 rings (SSSR count). The van der Waals surface area contributed by atoms with Crippen LogP contribution in [0, 0.1) is 0 Å². The smallest absolute Gasteiger partial charge is 0.159 e. The van der Waals surface area contributed by atoms with Crippen molar-refractivity contribution in [1.29, 1.82) is 0 Å². The van der Waals surface area contributed by atoms with Gasteiger partial charge in [0.2, 0.25) is 0 Å². The molecule has 0 saturated heterocycles. The summed E-state index contributed by atoms with van der Waals surface area (Å²) in [4.78, 5) is 10.1. The molecule has 268 valence electrons. The average molecular weight is 733 g/mol. The summed E-state index contributed by atoms with van der Waals surface area (Å²) < 4.78 is 15.9. The first-order valence-electron chi connectivity index (χ1n) is 19.2. The molecule has 1 aliphatic heterocycles. The van der Waals surface area contributed by atoms with Crippen LogP contribution >= 0.6 is 0 Å². The summed E-state index contributed by atoms with van der Waals surface area (Å²) in [6.45, 7) is 0. The second kappa shape index (κ2) is 12.4. The van der Waals surface area contributed by atoms with E-state index < -0.39 is 0 Å². The summed E-state index contributed by atoms with van der Waals surface area (Å²) in [6, 6.07) is 63.1. The zero-order chi connectivity index (χ0) is 37.5. The highest BCUT2D eigenvalue weighted by Crippen LogP contribution is 2.41. The van der Waals surface area contributed by atoms with E-state index in [9.17, 15) is 0 Å². The van der Waals surface area contributed by atoms with E-state index in [2.05, 4.69) is 155 Å². The maximum Gasteiger partial charge on any atom is 0.159 e. The average Bonchev–Trinajstić information content (AvgIpc) is 3.96. The summed E-state index contributed by atoms with van der Waals surface area (Å²) in [5.74, 6) is 1.43. The minimum absolute atomic E-state index is 0.280. The third-order valence-corrected chi connectivity index (χ3v) is 11.3. The number of rotatable bonds is 5. The topological polar surface area (TPSA) is 68.0 Å². The number of nitrogens with zero attached hydrogens (tertiary/aromatic N) is 3. The standard InChI is InChI=1S/C51H32N4O2/c1-3-13-31(14-4-1)49-52-50(32-15-5-2-6-16-32)54-51(53-49)34-26-28-38-40-20-11-19-35(47(40)56-46(38)30-34)33-25-27-39-41-21-12-24-44(48(41)57-45(39)29-33)55-42-22-9-7-17-36(42)37-18-8-10-23-43(37)55/h1-30,49H,(H,52,53,54). The number of hydrogen-bond acceptors (Lipinski definition) is 5. The summed E-state index contributed by atoms with van der Waals surface area (Å²) >= 11 is 0. The lowest BCUT2D eigenvalue weighted by atomic mass is 10.0. The van der Waals surface area contributed by atoms with Crippen molar-refractivity contribution in [3.05, 3.63) is 199 Å². The molecule has 1 N–H and O–H groups in total. The van der Waals surface area contributed by atoms with Gasteiger partial charge in [0.15, 0.2) is 11.4 Å². The molecular formula is C51H32N4O2. The molecule has 0 saturated carbocycles. The molecule has 4 heterocycles. The molecule has 1 unspecified atom stereocenters.